The van der Waals surface area contributed by atoms with Gasteiger partial charge in [0.05, 0.1) is 19.1 Å². The van der Waals surface area contributed by atoms with Crippen LogP contribution in [0.25, 0.3) is 0 Å². The summed E-state index contributed by atoms with van der Waals surface area (Å²) < 4.78 is 12.6. The molecule has 0 N–H and O–H groups in total. The van der Waals surface area contributed by atoms with Gasteiger partial charge in [0.25, 0.3) is 0 Å². The maximum Gasteiger partial charge on any atom is 0.312 e. The minimum atomic E-state index is -0.390. The Morgan fingerprint density at radius 1 is 0.828 bits per heavy atom. The smallest absolute Gasteiger partial charge is 0.312 e. The normalized spacial score (nSPS) is 14.8. The molecule has 2 aromatic carbocycles. The van der Waals surface area contributed by atoms with E-state index in [1.165, 1.54) is 42.0 Å². The first-order valence-corrected chi connectivity index (χ1v) is 11.4. The van der Waals surface area contributed by atoms with Crippen LogP contribution in [0.1, 0.15) is 47.9 Å². The van der Waals surface area contributed by atoms with Crippen LogP contribution in [0.4, 0.5) is 5.69 Å². The number of hydrogen-bond acceptors (Lipinski definition) is 4. The molecule has 0 radical (unpaired) electrons. The molecule has 0 aromatic heterocycles. The van der Waals surface area contributed by atoms with Gasteiger partial charge in [-0.3, -0.25) is 10.1 Å². The highest BCUT2D eigenvalue weighted by atomic mass is 79.9. The van der Waals surface area contributed by atoms with Crippen LogP contribution in [0.3, 0.4) is 0 Å². The number of rotatable bonds is 3. The van der Waals surface area contributed by atoms with Gasteiger partial charge < -0.3 is 9.47 Å². The van der Waals surface area contributed by atoms with E-state index in [0.29, 0.717) is 5.75 Å². The van der Waals surface area contributed by atoms with Crippen LogP contribution in [0.5, 0.6) is 11.5 Å². The van der Waals surface area contributed by atoms with Crippen molar-refractivity contribution in [1.82, 2.24) is 0 Å². The lowest BCUT2D eigenvalue weighted by atomic mass is 9.90. The lowest BCUT2D eigenvalue weighted by Crippen LogP contribution is -2.08. The Morgan fingerprint density at radius 3 is 1.93 bits per heavy atom. The number of ether oxygens (including phenoxy) is 2. The minimum Gasteiger partial charge on any atom is -0.496 e. The first kappa shape index (κ1) is 22.1. The summed E-state index contributed by atoms with van der Waals surface area (Å²) >= 11 is 6.99. The molecule has 0 fully saturated rings. The topological polar surface area (TPSA) is 61.6 Å². The molecule has 0 saturated heterocycles. The molecule has 0 saturated carbocycles. The fraction of sp³-hybridized carbons (Fsp3) is 0.455. The van der Waals surface area contributed by atoms with Gasteiger partial charge >= 0.3 is 5.69 Å². The number of hydrogen-bond donors (Lipinski definition) is 0. The average Bonchev–Trinajstić information content (AvgIpc) is 2.75. The highest BCUT2D eigenvalue weighted by Gasteiger charge is 2.26. The second-order valence-electron chi connectivity index (χ2n) is 7.25. The third-order valence-electron chi connectivity index (χ3n) is 5.58. The van der Waals surface area contributed by atoms with E-state index in [2.05, 4.69) is 37.9 Å². The molecule has 0 unspecified atom stereocenters. The van der Waals surface area contributed by atoms with E-state index in [1.54, 1.807) is 13.2 Å². The van der Waals surface area contributed by atoms with Crippen molar-refractivity contribution in [3.8, 4) is 11.5 Å². The monoisotopic (exact) mass is 525 g/mol. The first-order valence-electron chi connectivity index (χ1n) is 9.84. The van der Waals surface area contributed by atoms with Crippen LogP contribution in [0, 0.1) is 10.1 Å². The first-order chi connectivity index (χ1) is 14.0. The zero-order valence-corrected chi connectivity index (χ0v) is 19.9. The second-order valence-corrected chi connectivity index (χ2v) is 8.95. The predicted molar refractivity (Wildman–Crippen MR) is 121 cm³/mol. The number of fused-ring (bicyclic) bond motifs is 2. The van der Waals surface area contributed by atoms with Gasteiger partial charge in [-0.2, -0.15) is 0 Å². The molecule has 0 spiro atoms. The Bertz CT molecular complexity index is 914. The summed E-state index contributed by atoms with van der Waals surface area (Å²) in [5.74, 6) is 1.49. The van der Waals surface area contributed by atoms with Crippen molar-refractivity contribution in [3.05, 3.63) is 59.5 Å². The minimum absolute atomic E-state index is 0.0509. The molecule has 156 valence electrons. The largest absolute Gasteiger partial charge is 0.496 e. The summed E-state index contributed by atoms with van der Waals surface area (Å²) in [6.07, 6.45) is 8.97. The number of halogens is 2. The molecule has 0 atom stereocenters. The van der Waals surface area contributed by atoms with E-state index in [-0.39, 0.29) is 5.69 Å². The molecule has 2 aromatic rings. The number of nitro benzene ring substituents is 1. The third kappa shape index (κ3) is 4.77. The summed E-state index contributed by atoms with van der Waals surface area (Å²) in [5.41, 5.74) is 5.06. The lowest BCUT2D eigenvalue weighted by Gasteiger charge is -2.19. The maximum atomic E-state index is 10.9. The number of nitrogens with zero attached hydrogens (tertiary/aromatic N) is 1. The molecule has 29 heavy (non-hydrogen) atoms. The molecular formula is C22H25Br2NO4. The number of methoxy groups -OCH3 is 2. The SMILES string of the molecule is COc1c([N+](=O)[O-])cc(Br)c2c1CCCC2.COc1ccc(Br)c2c1CCCC2. The average molecular weight is 527 g/mol. The van der Waals surface area contributed by atoms with Gasteiger partial charge in [0.1, 0.15) is 5.75 Å². The molecule has 0 aliphatic heterocycles. The highest BCUT2D eigenvalue weighted by Crippen LogP contribution is 2.41. The van der Waals surface area contributed by atoms with Crippen LogP contribution >= 0.6 is 31.9 Å². The Morgan fingerprint density at radius 2 is 1.38 bits per heavy atom. The van der Waals surface area contributed by atoms with E-state index in [0.717, 1.165) is 53.5 Å². The van der Waals surface area contributed by atoms with Gasteiger partial charge in [-0.1, -0.05) is 31.9 Å². The van der Waals surface area contributed by atoms with Crippen molar-refractivity contribution in [2.75, 3.05) is 14.2 Å². The van der Waals surface area contributed by atoms with Gasteiger partial charge in [0.2, 0.25) is 0 Å². The van der Waals surface area contributed by atoms with Crippen LogP contribution in [-0.2, 0) is 25.7 Å². The number of nitro groups is 1. The summed E-state index contributed by atoms with van der Waals surface area (Å²) in [6, 6.07) is 5.68. The van der Waals surface area contributed by atoms with Crippen molar-refractivity contribution in [2.45, 2.75) is 51.4 Å². The van der Waals surface area contributed by atoms with E-state index in [9.17, 15) is 10.1 Å². The van der Waals surface area contributed by atoms with Crippen molar-refractivity contribution < 1.29 is 14.4 Å². The molecule has 2 aliphatic rings. The van der Waals surface area contributed by atoms with Gasteiger partial charge in [0.15, 0.2) is 5.75 Å². The summed E-state index contributed by atoms with van der Waals surface area (Å²) in [4.78, 5) is 10.5. The Labute approximate surface area is 188 Å². The summed E-state index contributed by atoms with van der Waals surface area (Å²) in [7, 11) is 3.24. The van der Waals surface area contributed by atoms with E-state index in [4.69, 9.17) is 9.47 Å². The zero-order valence-electron chi connectivity index (χ0n) is 16.7. The summed E-state index contributed by atoms with van der Waals surface area (Å²) in [6.45, 7) is 0. The van der Waals surface area contributed by atoms with Crippen molar-refractivity contribution in [1.29, 1.82) is 0 Å². The van der Waals surface area contributed by atoms with E-state index in [1.807, 2.05) is 6.07 Å². The van der Waals surface area contributed by atoms with Gasteiger partial charge in [-0.15, -0.1) is 0 Å². The molecule has 0 heterocycles. The van der Waals surface area contributed by atoms with Crippen molar-refractivity contribution in [3.63, 3.8) is 0 Å². The molecule has 0 bridgehead atoms. The summed E-state index contributed by atoms with van der Waals surface area (Å²) in [5, 5.41) is 10.9. The number of benzene rings is 2. The van der Waals surface area contributed by atoms with Gasteiger partial charge in [0, 0.05) is 20.6 Å². The van der Waals surface area contributed by atoms with E-state index < -0.39 is 4.92 Å². The Hall–Kier alpha value is -1.60. The van der Waals surface area contributed by atoms with Crippen LogP contribution < -0.4 is 9.47 Å². The Balaban J connectivity index is 0.000000169. The fourth-order valence-corrected chi connectivity index (χ4v) is 5.42. The standard InChI is InChI=1S/C11H12BrNO3.C11H13BrO/c1-16-11-8-5-3-2-4-7(8)9(12)6-10(11)13(14)15;1-13-11-7-6-10(12)8-4-2-3-5-9(8)11/h6H,2-5H2,1H3;6-7H,2-5H2,1H3. The zero-order chi connectivity index (χ0) is 21.0. The fourth-order valence-electron chi connectivity index (χ4n) is 4.19. The molecule has 0 amide bonds. The molecule has 4 rings (SSSR count). The van der Waals surface area contributed by atoms with Crippen LogP contribution in [-0.4, -0.2) is 19.1 Å². The molecular weight excluding hydrogens is 502 g/mol. The van der Waals surface area contributed by atoms with Crippen LogP contribution in [0.15, 0.2) is 27.1 Å². The molecule has 5 nitrogen and oxygen atoms in total. The van der Waals surface area contributed by atoms with Crippen molar-refractivity contribution >= 4 is 37.5 Å². The second kappa shape index (κ2) is 9.94. The van der Waals surface area contributed by atoms with Gasteiger partial charge in [-0.05, 0) is 80.2 Å². The third-order valence-corrected chi connectivity index (χ3v) is 7.03. The molecule has 2 aliphatic carbocycles. The maximum absolute atomic E-state index is 10.9. The van der Waals surface area contributed by atoms with Gasteiger partial charge in [-0.25, -0.2) is 0 Å². The highest BCUT2D eigenvalue weighted by molar-refractivity contribution is 9.10. The lowest BCUT2D eigenvalue weighted by molar-refractivity contribution is -0.385. The van der Waals surface area contributed by atoms with E-state index >= 15 is 0 Å². The van der Waals surface area contributed by atoms with Crippen molar-refractivity contribution in [2.24, 2.45) is 0 Å². The Kier molecular flexibility index (Phi) is 7.57. The van der Waals surface area contributed by atoms with Crippen LogP contribution in [0.2, 0.25) is 0 Å². The molecule has 7 heteroatoms. The predicted octanol–water partition coefficient (Wildman–Crippen LogP) is 6.58. The quantitative estimate of drug-likeness (QED) is 0.334.